The third-order valence-electron chi connectivity index (χ3n) is 6.20. The molecule has 0 radical (unpaired) electrons. The van der Waals surface area contributed by atoms with E-state index in [-0.39, 0.29) is 34.5 Å². The summed E-state index contributed by atoms with van der Waals surface area (Å²) in [6, 6.07) is 18.8. The molecule has 4 aromatic carbocycles. The number of aryl methyl sites for hydroxylation is 4. The minimum absolute atomic E-state index is 0.0433. The highest BCUT2D eigenvalue weighted by atomic mass is 16.5. The van der Waals surface area contributed by atoms with E-state index in [1.807, 2.05) is 18.2 Å². The Morgan fingerprint density at radius 2 is 1.21 bits per heavy atom. The largest absolute Gasteiger partial charge is 0.507 e. The van der Waals surface area contributed by atoms with Gasteiger partial charge in [-0.3, -0.25) is 0 Å². The van der Waals surface area contributed by atoms with Crippen molar-refractivity contribution in [3.63, 3.8) is 0 Å². The Hall–Kier alpha value is -4.32. The first-order valence-corrected chi connectivity index (χ1v) is 11.1. The predicted molar refractivity (Wildman–Crippen MR) is 128 cm³/mol. The average Bonchev–Trinajstić information content (AvgIpc) is 2.81. The van der Waals surface area contributed by atoms with Crippen molar-refractivity contribution in [2.24, 2.45) is 0 Å². The molecule has 4 aromatic rings. The van der Waals surface area contributed by atoms with Crippen LogP contribution in [0.3, 0.4) is 0 Å². The molecule has 0 unspecified atom stereocenters. The van der Waals surface area contributed by atoms with Crippen molar-refractivity contribution in [1.82, 2.24) is 0 Å². The van der Waals surface area contributed by atoms with Crippen LogP contribution in [0.1, 0.15) is 22.3 Å². The molecule has 0 saturated carbocycles. The van der Waals surface area contributed by atoms with Gasteiger partial charge in [0.05, 0.1) is 0 Å². The first-order chi connectivity index (χ1) is 16.4. The summed E-state index contributed by atoms with van der Waals surface area (Å²) >= 11 is 0. The maximum atomic E-state index is 10.8. The number of hydrogen-bond acceptors (Lipinski definition) is 6. The highest BCUT2D eigenvalue weighted by Crippen LogP contribution is 2.43. The van der Waals surface area contributed by atoms with E-state index in [4.69, 9.17) is 4.74 Å². The number of hydrogen-bond donors (Lipinski definition) is 5. The van der Waals surface area contributed by atoms with Crippen LogP contribution in [0.4, 0.5) is 0 Å². The molecule has 5 N–H and O–H groups in total. The zero-order valence-corrected chi connectivity index (χ0v) is 18.3. The van der Waals surface area contributed by atoms with Crippen molar-refractivity contribution in [1.29, 1.82) is 0 Å². The maximum absolute atomic E-state index is 10.8. The second kappa shape index (κ2) is 8.56. The minimum Gasteiger partial charge on any atom is -0.507 e. The lowest BCUT2D eigenvalue weighted by molar-refractivity contribution is 0.361. The van der Waals surface area contributed by atoms with Crippen LogP contribution in [0.2, 0.25) is 0 Å². The molecule has 8 rings (SSSR count). The molecular weight excluding hydrogens is 432 g/mol. The van der Waals surface area contributed by atoms with E-state index in [9.17, 15) is 25.5 Å². The van der Waals surface area contributed by atoms with Crippen LogP contribution in [-0.4, -0.2) is 25.5 Å². The standard InChI is InChI=1S/C28H24O6/c29-21-3-1-2-19-9-6-17-8-11-25(23(31)13-17)34-26-15-18(14-24(32)28(26)33)5-4-16-7-10-20(27(19)21)22(30)12-16/h1-3,7-8,10-15,29-33H,4-6,9H2. The van der Waals surface area contributed by atoms with Crippen molar-refractivity contribution in [3.05, 3.63) is 89.0 Å². The summed E-state index contributed by atoms with van der Waals surface area (Å²) in [4.78, 5) is 0. The fraction of sp³-hybridized carbons (Fsp3) is 0.143. The molecule has 34 heavy (non-hydrogen) atoms. The van der Waals surface area contributed by atoms with Gasteiger partial charge >= 0.3 is 0 Å². The molecule has 6 heteroatoms. The molecule has 4 aliphatic heterocycles. The van der Waals surface area contributed by atoms with E-state index < -0.39 is 5.75 Å². The van der Waals surface area contributed by atoms with Crippen molar-refractivity contribution in [3.8, 4) is 51.4 Å². The Morgan fingerprint density at radius 3 is 1.97 bits per heavy atom. The van der Waals surface area contributed by atoms with Crippen LogP contribution >= 0.6 is 0 Å². The molecule has 0 amide bonds. The topological polar surface area (TPSA) is 110 Å². The van der Waals surface area contributed by atoms with Gasteiger partial charge in [0.25, 0.3) is 0 Å². The number of ether oxygens (including phenoxy) is 1. The normalized spacial score (nSPS) is 13.1. The van der Waals surface area contributed by atoms with E-state index >= 15 is 0 Å². The summed E-state index contributed by atoms with van der Waals surface area (Å²) in [5, 5.41) is 52.4. The molecular formula is C28H24O6. The van der Waals surface area contributed by atoms with E-state index in [0.717, 1.165) is 16.7 Å². The van der Waals surface area contributed by atoms with Crippen LogP contribution < -0.4 is 4.74 Å². The quantitative estimate of drug-likeness (QED) is 0.222. The SMILES string of the molecule is Oc1cc2ccc1Oc1cc(cc(O)c1O)CCc1ccc(c(O)c1)-c1c(O)cccc1CC2. The third-order valence-corrected chi connectivity index (χ3v) is 6.20. The Bertz CT molecular complexity index is 1390. The summed E-state index contributed by atoms with van der Waals surface area (Å²) in [6.45, 7) is 0. The maximum Gasteiger partial charge on any atom is 0.201 e. The Kier molecular flexibility index (Phi) is 5.42. The molecule has 0 aromatic heterocycles. The molecule has 0 spiro atoms. The van der Waals surface area contributed by atoms with Gasteiger partial charge in [-0.1, -0.05) is 30.3 Å². The second-order valence-corrected chi connectivity index (χ2v) is 8.53. The fourth-order valence-electron chi connectivity index (χ4n) is 4.41. The van der Waals surface area contributed by atoms with Gasteiger partial charge < -0.3 is 30.3 Å². The van der Waals surface area contributed by atoms with Crippen molar-refractivity contribution < 1.29 is 30.3 Å². The van der Waals surface area contributed by atoms with Gasteiger partial charge in [0.1, 0.15) is 11.5 Å². The summed E-state index contributed by atoms with van der Waals surface area (Å²) < 4.78 is 5.74. The number of benzene rings is 4. The fourth-order valence-corrected chi connectivity index (χ4v) is 4.41. The number of aromatic hydroxyl groups is 5. The molecule has 0 atom stereocenters. The molecule has 172 valence electrons. The van der Waals surface area contributed by atoms with Crippen molar-refractivity contribution in [2.75, 3.05) is 0 Å². The minimum atomic E-state index is -0.403. The van der Waals surface area contributed by atoms with E-state index in [0.29, 0.717) is 42.4 Å². The third kappa shape index (κ3) is 4.06. The first-order valence-electron chi connectivity index (χ1n) is 11.1. The summed E-state index contributed by atoms with van der Waals surface area (Å²) in [6.07, 6.45) is 2.22. The highest BCUT2D eigenvalue weighted by molar-refractivity contribution is 5.78. The van der Waals surface area contributed by atoms with Gasteiger partial charge in [-0.25, -0.2) is 0 Å². The predicted octanol–water partition coefficient (Wildman–Crippen LogP) is 5.56. The van der Waals surface area contributed by atoms with Crippen LogP contribution in [0.25, 0.3) is 11.1 Å². The van der Waals surface area contributed by atoms with Gasteiger partial charge in [-0.05, 0) is 84.3 Å². The van der Waals surface area contributed by atoms with Gasteiger partial charge in [0.15, 0.2) is 23.0 Å². The molecule has 4 aliphatic rings. The number of phenols is 5. The van der Waals surface area contributed by atoms with E-state index in [2.05, 4.69) is 0 Å². The highest BCUT2D eigenvalue weighted by Gasteiger charge is 2.17. The van der Waals surface area contributed by atoms with E-state index in [1.165, 1.54) is 6.07 Å². The van der Waals surface area contributed by atoms with Gasteiger partial charge in [-0.15, -0.1) is 0 Å². The summed E-state index contributed by atoms with van der Waals surface area (Å²) in [7, 11) is 0. The Labute approximate surface area is 196 Å². The van der Waals surface area contributed by atoms with Crippen LogP contribution in [0.5, 0.6) is 40.2 Å². The number of rotatable bonds is 0. The van der Waals surface area contributed by atoms with Gasteiger partial charge in [0, 0.05) is 11.1 Å². The van der Waals surface area contributed by atoms with Crippen molar-refractivity contribution in [2.45, 2.75) is 25.7 Å². The van der Waals surface area contributed by atoms with Crippen LogP contribution in [-0.2, 0) is 25.7 Å². The lowest BCUT2D eigenvalue weighted by Gasteiger charge is -2.16. The summed E-state index contributed by atoms with van der Waals surface area (Å²) in [5.74, 6) is -0.444. The zero-order valence-electron chi connectivity index (χ0n) is 18.3. The monoisotopic (exact) mass is 456 g/mol. The molecule has 6 bridgehead atoms. The van der Waals surface area contributed by atoms with Gasteiger partial charge in [-0.2, -0.15) is 0 Å². The molecule has 0 aliphatic carbocycles. The van der Waals surface area contributed by atoms with E-state index in [1.54, 1.807) is 42.5 Å². The molecule has 6 nitrogen and oxygen atoms in total. The van der Waals surface area contributed by atoms with Crippen molar-refractivity contribution >= 4 is 0 Å². The van der Waals surface area contributed by atoms with Crippen LogP contribution in [0.15, 0.2) is 66.7 Å². The first kappa shape index (κ1) is 21.5. The average molecular weight is 456 g/mol. The molecule has 0 saturated heterocycles. The van der Waals surface area contributed by atoms with Gasteiger partial charge in [0.2, 0.25) is 5.75 Å². The molecule has 0 fully saturated rings. The summed E-state index contributed by atoms with van der Waals surface area (Å²) in [5.41, 5.74) is 4.45. The molecule has 4 heterocycles. The Morgan fingerprint density at radius 1 is 0.529 bits per heavy atom. The smallest absolute Gasteiger partial charge is 0.201 e. The lowest BCUT2D eigenvalue weighted by atomic mass is 9.92. The zero-order chi connectivity index (χ0) is 23.8. The Balaban J connectivity index is 1.63. The number of phenolic OH excluding ortho intramolecular Hbond substituents is 5. The van der Waals surface area contributed by atoms with Crippen LogP contribution in [0, 0.1) is 0 Å². The second-order valence-electron chi connectivity index (χ2n) is 8.53. The lowest BCUT2D eigenvalue weighted by Crippen LogP contribution is -1.98.